The third-order valence-electron chi connectivity index (χ3n) is 6.42. The maximum Gasteiger partial charge on any atom is 0.267 e. The van der Waals surface area contributed by atoms with Gasteiger partial charge in [0.2, 0.25) is 0 Å². The van der Waals surface area contributed by atoms with E-state index in [1.54, 1.807) is 60.6 Å². The number of halogens is 1. The molecule has 0 aliphatic carbocycles. The zero-order valence-corrected chi connectivity index (χ0v) is 21.6. The second-order valence-electron chi connectivity index (χ2n) is 8.86. The van der Waals surface area contributed by atoms with Crippen molar-refractivity contribution in [1.82, 2.24) is 19.7 Å². The first kappa shape index (κ1) is 24.7. The maximum atomic E-state index is 13.4. The highest BCUT2D eigenvalue weighted by atomic mass is 35.5. The number of carbonyl (C=O) groups excluding carboxylic acids is 2. The summed E-state index contributed by atoms with van der Waals surface area (Å²) in [5.74, 6) is -0.235. The fraction of sp³-hybridized carbons (Fsp3) is 0.138. The second kappa shape index (κ2) is 10.3. The Balaban J connectivity index is 1.51. The predicted octanol–water partition coefficient (Wildman–Crippen LogP) is 5.17. The average molecular weight is 540 g/mol. The van der Waals surface area contributed by atoms with Crippen molar-refractivity contribution < 1.29 is 19.1 Å². The average Bonchev–Trinajstić information content (AvgIpc) is 3.43. The van der Waals surface area contributed by atoms with Gasteiger partial charge < -0.3 is 9.47 Å². The van der Waals surface area contributed by atoms with Crippen LogP contribution in [0.15, 0.2) is 79.1 Å². The van der Waals surface area contributed by atoms with Gasteiger partial charge in [0.05, 0.1) is 28.5 Å². The number of hydrogen-bond acceptors (Lipinski definition) is 7. The van der Waals surface area contributed by atoms with E-state index in [0.717, 1.165) is 10.6 Å². The maximum absolute atomic E-state index is 13.4. The molecule has 6 rings (SSSR count). The molecule has 0 saturated heterocycles. The molecule has 0 N–H and O–H groups in total. The number of ether oxygens (including phenoxy) is 2. The van der Waals surface area contributed by atoms with E-state index in [2.05, 4.69) is 15.1 Å². The first-order valence-electron chi connectivity index (χ1n) is 12.2. The lowest BCUT2D eigenvalue weighted by atomic mass is 10.1. The van der Waals surface area contributed by atoms with Crippen molar-refractivity contribution in [2.75, 3.05) is 18.6 Å². The van der Waals surface area contributed by atoms with Gasteiger partial charge in [-0.2, -0.15) is 5.10 Å². The van der Waals surface area contributed by atoms with Crippen molar-refractivity contribution in [3.63, 3.8) is 0 Å². The van der Waals surface area contributed by atoms with Gasteiger partial charge in [0, 0.05) is 42.6 Å². The van der Waals surface area contributed by atoms with Crippen LogP contribution in [-0.2, 0) is 17.9 Å². The van der Waals surface area contributed by atoms with Crippen molar-refractivity contribution in [1.29, 1.82) is 0 Å². The lowest BCUT2D eigenvalue weighted by Crippen LogP contribution is -2.30. The molecule has 2 aromatic carbocycles. The lowest BCUT2D eigenvalue weighted by Gasteiger charge is -2.13. The molecule has 3 aromatic heterocycles. The Morgan fingerprint density at radius 1 is 0.897 bits per heavy atom. The summed E-state index contributed by atoms with van der Waals surface area (Å²) in [4.78, 5) is 36.7. The molecule has 4 heterocycles. The van der Waals surface area contributed by atoms with Gasteiger partial charge in [-0.3, -0.25) is 19.6 Å². The summed E-state index contributed by atoms with van der Waals surface area (Å²) in [5, 5.41) is 5.63. The van der Waals surface area contributed by atoms with E-state index in [1.165, 1.54) is 0 Å². The fourth-order valence-electron chi connectivity index (χ4n) is 4.68. The molecule has 0 saturated carbocycles. The Hall–Kier alpha value is -4.60. The molecule has 0 atom stereocenters. The van der Waals surface area contributed by atoms with Crippen molar-refractivity contribution in [2.45, 2.75) is 13.2 Å². The molecule has 1 aliphatic rings. The van der Waals surface area contributed by atoms with E-state index in [-0.39, 0.29) is 12.5 Å². The highest BCUT2D eigenvalue weighted by Crippen LogP contribution is 2.40. The van der Waals surface area contributed by atoms with E-state index in [1.807, 2.05) is 30.3 Å². The molecule has 0 radical (unpaired) electrons. The van der Waals surface area contributed by atoms with Crippen molar-refractivity contribution >= 4 is 40.1 Å². The van der Waals surface area contributed by atoms with E-state index in [4.69, 9.17) is 21.1 Å². The summed E-state index contributed by atoms with van der Waals surface area (Å²) < 4.78 is 13.3. The zero-order valence-electron chi connectivity index (χ0n) is 20.9. The molecule has 9 nitrogen and oxygen atoms in total. The second-order valence-corrected chi connectivity index (χ2v) is 9.26. The van der Waals surface area contributed by atoms with E-state index in [0.29, 0.717) is 57.1 Å². The Kier molecular flexibility index (Phi) is 6.52. The molecule has 0 bridgehead atoms. The normalized spacial score (nSPS) is 12.8. The minimum absolute atomic E-state index is 0.0694. The number of rotatable bonds is 8. The summed E-state index contributed by atoms with van der Waals surface area (Å²) in [7, 11) is 1.54. The molecule has 0 spiro atoms. The molecular weight excluding hydrogens is 518 g/mol. The van der Waals surface area contributed by atoms with Gasteiger partial charge in [0.1, 0.15) is 18.0 Å². The highest BCUT2D eigenvalue weighted by molar-refractivity contribution is 6.36. The van der Waals surface area contributed by atoms with Gasteiger partial charge in [-0.1, -0.05) is 29.8 Å². The number of benzene rings is 2. The van der Waals surface area contributed by atoms with E-state index >= 15 is 0 Å². The van der Waals surface area contributed by atoms with Gasteiger partial charge in [0.15, 0.2) is 5.82 Å². The summed E-state index contributed by atoms with van der Waals surface area (Å²) in [6.45, 7) is 0.395. The summed E-state index contributed by atoms with van der Waals surface area (Å²) in [5.41, 5.74) is 3.29. The van der Waals surface area contributed by atoms with Crippen LogP contribution in [0.5, 0.6) is 5.75 Å². The van der Waals surface area contributed by atoms with Crippen LogP contribution in [0.2, 0.25) is 5.02 Å². The first-order chi connectivity index (χ1) is 19.1. The smallest absolute Gasteiger partial charge is 0.267 e. The number of anilines is 1. The van der Waals surface area contributed by atoms with Crippen LogP contribution in [0.4, 0.5) is 5.82 Å². The molecule has 194 valence electrons. The minimum Gasteiger partial charge on any atom is -0.491 e. The largest absolute Gasteiger partial charge is 0.491 e. The minimum atomic E-state index is -0.446. The first-order valence-corrected chi connectivity index (χ1v) is 12.6. The topological polar surface area (TPSA) is 99.4 Å². The van der Waals surface area contributed by atoms with Crippen LogP contribution < -0.4 is 9.64 Å². The van der Waals surface area contributed by atoms with E-state index in [9.17, 15) is 9.59 Å². The van der Waals surface area contributed by atoms with Gasteiger partial charge in [-0.05, 0) is 48.5 Å². The number of carbonyl (C=O) groups is 2. The number of hydrogen-bond donors (Lipinski definition) is 0. The molecule has 1 aliphatic heterocycles. The predicted molar refractivity (Wildman–Crippen MR) is 146 cm³/mol. The number of pyridine rings is 2. The number of aromatic nitrogens is 4. The summed E-state index contributed by atoms with van der Waals surface area (Å²) in [6, 6.07) is 19.6. The number of methoxy groups -OCH3 is 1. The van der Waals surface area contributed by atoms with Crippen LogP contribution >= 0.6 is 11.6 Å². The van der Waals surface area contributed by atoms with Crippen LogP contribution in [0.25, 0.3) is 22.2 Å². The SMILES string of the molecule is COCn1nc(N2C(=O)c3ccccc3C2=O)c2cc(-c3ncccc3Cl)cc(OCCc3ccccn3)c21. The molecule has 0 fully saturated rings. The van der Waals surface area contributed by atoms with Crippen molar-refractivity contribution in [2.24, 2.45) is 0 Å². The van der Waals surface area contributed by atoms with Crippen LogP contribution in [-0.4, -0.2) is 45.3 Å². The van der Waals surface area contributed by atoms with Crippen molar-refractivity contribution in [3.05, 3.63) is 101 Å². The van der Waals surface area contributed by atoms with Gasteiger partial charge >= 0.3 is 0 Å². The molecular formula is C29H22ClN5O4. The van der Waals surface area contributed by atoms with Crippen LogP contribution in [0.1, 0.15) is 26.4 Å². The Morgan fingerprint density at radius 3 is 2.33 bits per heavy atom. The Labute approximate surface area is 228 Å². The van der Waals surface area contributed by atoms with Crippen LogP contribution in [0, 0.1) is 0 Å². The zero-order chi connectivity index (χ0) is 26.9. The van der Waals surface area contributed by atoms with Gasteiger partial charge in [0.25, 0.3) is 11.8 Å². The third-order valence-corrected chi connectivity index (χ3v) is 6.73. The summed E-state index contributed by atoms with van der Waals surface area (Å²) in [6.07, 6.45) is 3.95. The lowest BCUT2D eigenvalue weighted by molar-refractivity contribution is 0.0923. The van der Waals surface area contributed by atoms with E-state index < -0.39 is 11.8 Å². The quantitative estimate of drug-likeness (QED) is 0.251. The molecule has 5 aromatic rings. The number of imide groups is 1. The molecule has 10 heteroatoms. The Morgan fingerprint density at radius 2 is 1.64 bits per heavy atom. The van der Waals surface area contributed by atoms with Crippen LogP contribution in [0.3, 0.4) is 0 Å². The van der Waals surface area contributed by atoms with Gasteiger partial charge in [-0.15, -0.1) is 0 Å². The fourth-order valence-corrected chi connectivity index (χ4v) is 4.91. The number of fused-ring (bicyclic) bond motifs is 2. The highest BCUT2D eigenvalue weighted by Gasteiger charge is 2.39. The molecule has 39 heavy (non-hydrogen) atoms. The third kappa shape index (κ3) is 4.41. The Bertz CT molecular complexity index is 1690. The molecule has 2 amide bonds. The standard InChI is InChI=1S/C29H22ClN5O4/c1-38-17-34-26-22(27(33-34)35-28(36)20-8-2-3-9-21(20)29(35)37)15-18(25-23(30)10-6-13-32-25)16-24(26)39-14-11-19-7-4-5-12-31-19/h2-10,12-13,15-16H,11,14,17H2,1H3. The number of nitrogens with zero attached hydrogens (tertiary/aromatic N) is 5. The summed E-state index contributed by atoms with van der Waals surface area (Å²) >= 11 is 6.50. The number of amides is 2. The molecule has 0 unspecified atom stereocenters. The monoisotopic (exact) mass is 539 g/mol. The van der Waals surface area contributed by atoms with Gasteiger partial charge in [-0.25, -0.2) is 9.58 Å². The van der Waals surface area contributed by atoms with Crippen molar-refractivity contribution in [3.8, 4) is 17.0 Å².